The second-order valence-corrected chi connectivity index (χ2v) is 8.37. The van der Waals surface area contributed by atoms with Crippen molar-refractivity contribution in [1.82, 2.24) is 0 Å². The molecule has 0 saturated heterocycles. The topological polar surface area (TPSA) is 58.8 Å². The Bertz CT molecular complexity index is 490. The van der Waals surface area contributed by atoms with Gasteiger partial charge in [-0.1, -0.05) is 12.8 Å². The Morgan fingerprint density at radius 1 is 1.00 bits per heavy atom. The van der Waals surface area contributed by atoms with E-state index in [2.05, 4.69) is 0 Å². The lowest BCUT2D eigenvalue weighted by molar-refractivity contribution is -0.174. The summed E-state index contributed by atoms with van der Waals surface area (Å²) in [4.78, 5) is 0. The monoisotopic (exact) mass is 289 g/mol. The van der Waals surface area contributed by atoms with Gasteiger partial charge >= 0.3 is 0 Å². The Labute approximate surface area is 126 Å². The highest BCUT2D eigenvalue weighted by Crippen LogP contribution is 2.65. The molecule has 8 atom stereocenters. The van der Waals surface area contributed by atoms with Crippen molar-refractivity contribution in [2.45, 2.75) is 63.0 Å². The van der Waals surface area contributed by atoms with E-state index in [1.165, 1.54) is 38.5 Å². The Kier molecular flexibility index (Phi) is 2.63. The van der Waals surface area contributed by atoms with Gasteiger partial charge in [-0.25, -0.2) is 0 Å². The first-order chi connectivity index (χ1) is 10.2. The van der Waals surface area contributed by atoms with Crippen molar-refractivity contribution in [2.75, 3.05) is 0 Å². The summed E-state index contributed by atoms with van der Waals surface area (Å²) in [7, 11) is 0. The standard InChI is InChI=1S/C18H27NO2/c19-18(15-9-21-15)8-2-1-3-10-11-4-5-12(11)16-14(20)7-6-13(10)17(16)18/h9-14,16-17,20H,1-8,19H2. The van der Waals surface area contributed by atoms with Gasteiger partial charge < -0.3 is 15.6 Å². The van der Waals surface area contributed by atoms with E-state index < -0.39 is 0 Å². The molecule has 4 bridgehead atoms. The summed E-state index contributed by atoms with van der Waals surface area (Å²) in [6.45, 7) is 0. The Morgan fingerprint density at radius 2 is 1.71 bits per heavy atom. The van der Waals surface area contributed by atoms with Crippen LogP contribution in [0, 0.1) is 35.5 Å². The lowest BCUT2D eigenvalue weighted by Gasteiger charge is -2.64. The van der Waals surface area contributed by atoms with Crippen molar-refractivity contribution in [3.05, 3.63) is 12.0 Å². The van der Waals surface area contributed by atoms with Crippen LogP contribution in [0.5, 0.6) is 0 Å². The molecule has 0 radical (unpaired) electrons. The van der Waals surface area contributed by atoms with Gasteiger partial charge in [0.25, 0.3) is 0 Å². The van der Waals surface area contributed by atoms with Gasteiger partial charge in [-0.2, -0.15) is 0 Å². The minimum Gasteiger partial charge on any atom is -0.461 e. The zero-order valence-electron chi connectivity index (χ0n) is 12.7. The summed E-state index contributed by atoms with van der Waals surface area (Å²) < 4.78 is 5.50. The highest BCUT2D eigenvalue weighted by Gasteiger charge is 2.63. The van der Waals surface area contributed by atoms with Gasteiger partial charge in [-0.3, -0.25) is 0 Å². The molecule has 3 nitrogen and oxygen atoms in total. The van der Waals surface area contributed by atoms with Crippen molar-refractivity contribution in [3.8, 4) is 0 Å². The van der Waals surface area contributed by atoms with E-state index in [9.17, 15) is 5.11 Å². The summed E-state index contributed by atoms with van der Waals surface area (Å²) in [5, 5.41) is 10.7. The zero-order chi connectivity index (χ0) is 14.2. The first-order valence-electron chi connectivity index (χ1n) is 9.04. The molecular formula is C18H27NO2. The van der Waals surface area contributed by atoms with E-state index in [0.717, 1.165) is 42.3 Å². The van der Waals surface area contributed by atoms with Gasteiger partial charge in [-0.05, 0) is 74.0 Å². The predicted octanol–water partition coefficient (Wildman–Crippen LogP) is 2.79. The normalized spacial score (nSPS) is 57.8. The zero-order valence-corrected chi connectivity index (χ0v) is 12.7. The molecule has 0 spiro atoms. The molecule has 0 aromatic rings. The lowest BCUT2D eigenvalue weighted by Crippen LogP contribution is -2.66. The van der Waals surface area contributed by atoms with Crippen molar-refractivity contribution < 1.29 is 9.84 Å². The van der Waals surface area contributed by atoms with Gasteiger partial charge in [0.05, 0.1) is 11.6 Å². The highest BCUT2D eigenvalue weighted by atomic mass is 16.5. The quantitative estimate of drug-likeness (QED) is 0.780. The number of nitrogens with two attached hydrogens (primary N) is 1. The number of hydrogen-bond acceptors (Lipinski definition) is 3. The number of aliphatic hydroxyl groups excluding tert-OH is 1. The molecule has 3 heteroatoms. The molecule has 3 N–H and O–H groups in total. The first kappa shape index (κ1) is 13.0. The average molecular weight is 289 g/mol. The highest BCUT2D eigenvalue weighted by molar-refractivity contribution is 5.27. The number of hydrogen-bond donors (Lipinski definition) is 2. The molecule has 8 unspecified atom stereocenters. The van der Waals surface area contributed by atoms with Crippen LogP contribution < -0.4 is 5.73 Å². The van der Waals surface area contributed by atoms with Crippen molar-refractivity contribution in [3.63, 3.8) is 0 Å². The number of aliphatic hydroxyl groups is 1. The van der Waals surface area contributed by atoms with Crippen molar-refractivity contribution in [1.29, 1.82) is 0 Å². The van der Waals surface area contributed by atoms with Crippen LogP contribution in [0.2, 0.25) is 0 Å². The van der Waals surface area contributed by atoms with E-state index in [-0.39, 0.29) is 11.6 Å². The average Bonchev–Trinajstić information content (AvgIpc) is 3.25. The fraction of sp³-hybridized carbons (Fsp3) is 0.889. The van der Waals surface area contributed by atoms with Crippen LogP contribution in [0.15, 0.2) is 12.0 Å². The maximum absolute atomic E-state index is 10.7. The molecular weight excluding hydrogens is 262 g/mol. The largest absolute Gasteiger partial charge is 0.461 e. The molecule has 1 heterocycles. The molecule has 21 heavy (non-hydrogen) atoms. The summed E-state index contributed by atoms with van der Waals surface area (Å²) in [6.07, 6.45) is 11.7. The fourth-order valence-corrected chi connectivity index (χ4v) is 6.82. The maximum atomic E-state index is 10.7. The SMILES string of the molecule is NC1(C2=CO2)CCCCC2C3CCC3C3C(O)CCC2C31. The van der Waals surface area contributed by atoms with Crippen molar-refractivity contribution in [2.24, 2.45) is 41.2 Å². The van der Waals surface area contributed by atoms with E-state index in [4.69, 9.17) is 10.5 Å². The second kappa shape index (κ2) is 4.26. The van der Waals surface area contributed by atoms with Gasteiger partial charge in [0.1, 0.15) is 6.26 Å². The molecule has 4 saturated carbocycles. The number of fused-ring (bicyclic) bond motifs is 3. The number of ether oxygens (including phenoxy) is 1. The van der Waals surface area contributed by atoms with E-state index >= 15 is 0 Å². The first-order valence-corrected chi connectivity index (χ1v) is 9.04. The minimum absolute atomic E-state index is 0.123. The fourth-order valence-electron chi connectivity index (χ4n) is 6.82. The molecule has 1 aliphatic heterocycles. The third kappa shape index (κ3) is 1.62. The molecule has 0 amide bonds. The molecule has 5 aliphatic rings. The van der Waals surface area contributed by atoms with Crippen LogP contribution in [-0.4, -0.2) is 16.7 Å². The molecule has 4 fully saturated rings. The molecule has 4 aliphatic carbocycles. The van der Waals surface area contributed by atoms with Gasteiger partial charge in [0.15, 0.2) is 5.76 Å². The lowest BCUT2D eigenvalue weighted by atomic mass is 9.41. The minimum atomic E-state index is -0.282. The smallest absolute Gasteiger partial charge is 0.158 e. The van der Waals surface area contributed by atoms with E-state index in [1.807, 2.05) is 6.26 Å². The molecule has 0 aromatic heterocycles. The van der Waals surface area contributed by atoms with Crippen LogP contribution in [0.1, 0.15) is 51.4 Å². The summed E-state index contributed by atoms with van der Waals surface area (Å²) >= 11 is 0. The summed E-state index contributed by atoms with van der Waals surface area (Å²) in [5.41, 5.74) is 6.68. The third-order valence-electron chi connectivity index (χ3n) is 7.76. The van der Waals surface area contributed by atoms with Gasteiger partial charge in [0.2, 0.25) is 0 Å². The Hall–Kier alpha value is -0.540. The van der Waals surface area contributed by atoms with Crippen LogP contribution in [0.4, 0.5) is 0 Å². The van der Waals surface area contributed by atoms with E-state index in [0.29, 0.717) is 11.8 Å². The second-order valence-electron chi connectivity index (χ2n) is 8.37. The van der Waals surface area contributed by atoms with Gasteiger partial charge in [-0.15, -0.1) is 0 Å². The molecule has 0 aromatic carbocycles. The summed E-state index contributed by atoms with van der Waals surface area (Å²) in [6, 6.07) is 0. The third-order valence-corrected chi connectivity index (χ3v) is 7.76. The van der Waals surface area contributed by atoms with E-state index in [1.54, 1.807) is 0 Å². The Balaban J connectivity index is 1.61. The van der Waals surface area contributed by atoms with Gasteiger partial charge in [0, 0.05) is 0 Å². The van der Waals surface area contributed by atoms with Crippen LogP contribution >= 0.6 is 0 Å². The van der Waals surface area contributed by atoms with Crippen LogP contribution in [0.3, 0.4) is 0 Å². The Morgan fingerprint density at radius 3 is 2.43 bits per heavy atom. The molecule has 5 rings (SSSR count). The predicted molar refractivity (Wildman–Crippen MR) is 80.0 cm³/mol. The maximum Gasteiger partial charge on any atom is 0.158 e. The van der Waals surface area contributed by atoms with Crippen LogP contribution in [-0.2, 0) is 4.74 Å². The van der Waals surface area contributed by atoms with Crippen LogP contribution in [0.25, 0.3) is 0 Å². The summed E-state index contributed by atoms with van der Waals surface area (Å²) in [5.74, 6) is 5.17. The number of rotatable bonds is 1. The van der Waals surface area contributed by atoms with Crippen molar-refractivity contribution >= 4 is 0 Å². The molecule has 116 valence electrons.